The molecule has 0 radical (unpaired) electrons. The summed E-state index contributed by atoms with van der Waals surface area (Å²) in [4.78, 5) is 0. The minimum Gasteiger partial charge on any atom is -0.206 e. The van der Waals surface area contributed by atoms with Gasteiger partial charge in [-0.25, -0.2) is 8.78 Å². The van der Waals surface area contributed by atoms with E-state index in [9.17, 15) is 8.78 Å². The zero-order valence-corrected chi connectivity index (χ0v) is 8.59. The van der Waals surface area contributed by atoms with E-state index in [0.29, 0.717) is 0 Å². The molecule has 3 rings (SSSR count). The average molecular weight is 250 g/mol. The minimum absolute atomic E-state index is 0.0361. The predicted octanol–water partition coefficient (Wildman–Crippen LogP) is 0.325. The van der Waals surface area contributed by atoms with Crippen LogP contribution in [0, 0.1) is 11.6 Å². The van der Waals surface area contributed by atoms with Crippen molar-refractivity contribution in [2.24, 2.45) is 0 Å². The van der Waals surface area contributed by atoms with Gasteiger partial charge in [0, 0.05) is 0 Å². The Kier molecular flexibility index (Phi) is 2.25. The fourth-order valence-corrected chi connectivity index (χ4v) is 1.44. The molecule has 1 aromatic carbocycles. The van der Waals surface area contributed by atoms with Crippen molar-refractivity contribution >= 4 is 0 Å². The summed E-state index contributed by atoms with van der Waals surface area (Å²) in [6.45, 7) is 0. The molecule has 0 atom stereocenters. The molecule has 8 nitrogen and oxygen atoms in total. The van der Waals surface area contributed by atoms with Gasteiger partial charge in [-0.2, -0.15) is 10.4 Å². The van der Waals surface area contributed by atoms with Crippen molar-refractivity contribution in [1.29, 1.82) is 0 Å². The van der Waals surface area contributed by atoms with Crippen molar-refractivity contribution < 1.29 is 8.78 Å². The lowest BCUT2D eigenvalue weighted by atomic mass is 10.1. The molecule has 2 heterocycles. The van der Waals surface area contributed by atoms with Gasteiger partial charge in [-0.05, 0) is 22.6 Å². The molecular formula is C8H4F2N8. The second kappa shape index (κ2) is 3.91. The average Bonchev–Trinajstić information content (AvgIpc) is 3.02. The highest BCUT2D eigenvalue weighted by Gasteiger charge is 2.17. The van der Waals surface area contributed by atoms with Crippen LogP contribution in [-0.4, -0.2) is 41.2 Å². The molecule has 0 unspecified atom stereocenters. The first-order chi connectivity index (χ1) is 8.75. The molecule has 0 spiro atoms. The van der Waals surface area contributed by atoms with E-state index in [0.717, 1.165) is 12.1 Å². The van der Waals surface area contributed by atoms with E-state index >= 15 is 0 Å². The second-order valence-electron chi connectivity index (χ2n) is 3.28. The van der Waals surface area contributed by atoms with Crippen LogP contribution >= 0.6 is 0 Å². The Bertz CT molecular complexity index is 603. The number of hydrogen-bond donors (Lipinski definition) is 2. The number of halogens is 2. The highest BCUT2D eigenvalue weighted by atomic mass is 19.1. The summed E-state index contributed by atoms with van der Waals surface area (Å²) in [7, 11) is 0. The first-order valence-corrected chi connectivity index (χ1v) is 4.72. The third-order valence-corrected chi connectivity index (χ3v) is 2.23. The first-order valence-electron chi connectivity index (χ1n) is 4.72. The maximum Gasteiger partial charge on any atom is 0.207 e. The first kappa shape index (κ1) is 10.4. The Morgan fingerprint density at radius 3 is 1.56 bits per heavy atom. The second-order valence-corrected chi connectivity index (χ2v) is 3.28. The summed E-state index contributed by atoms with van der Waals surface area (Å²) < 4.78 is 27.6. The van der Waals surface area contributed by atoms with Crippen molar-refractivity contribution in [3.63, 3.8) is 0 Å². The molecular weight excluding hydrogens is 246 g/mol. The predicted molar refractivity (Wildman–Crippen MR) is 52.7 cm³/mol. The van der Waals surface area contributed by atoms with Crippen molar-refractivity contribution in [1.82, 2.24) is 41.2 Å². The van der Waals surface area contributed by atoms with Gasteiger partial charge >= 0.3 is 0 Å². The number of rotatable bonds is 2. The summed E-state index contributed by atoms with van der Waals surface area (Å²) in [5.41, 5.74) is -0.206. The molecule has 0 aliphatic carbocycles. The van der Waals surface area contributed by atoms with Crippen LogP contribution in [0.3, 0.4) is 0 Å². The molecule has 2 aromatic heterocycles. The maximum atomic E-state index is 13.8. The monoisotopic (exact) mass is 250 g/mol. The van der Waals surface area contributed by atoms with E-state index in [2.05, 4.69) is 41.2 Å². The summed E-state index contributed by atoms with van der Waals surface area (Å²) in [5, 5.41) is 25.2. The van der Waals surface area contributed by atoms with E-state index in [1.165, 1.54) is 0 Å². The summed E-state index contributed by atoms with van der Waals surface area (Å²) in [5.74, 6) is -1.49. The van der Waals surface area contributed by atoms with Crippen molar-refractivity contribution in [3.05, 3.63) is 23.8 Å². The van der Waals surface area contributed by atoms with Crippen molar-refractivity contribution in [2.75, 3.05) is 0 Å². The maximum absolute atomic E-state index is 13.8. The molecule has 2 N–H and O–H groups in total. The number of nitrogens with zero attached hydrogens (tertiary/aromatic N) is 6. The highest BCUT2D eigenvalue weighted by Crippen LogP contribution is 2.26. The molecule has 18 heavy (non-hydrogen) atoms. The van der Waals surface area contributed by atoms with Gasteiger partial charge in [0.05, 0.1) is 11.1 Å². The van der Waals surface area contributed by atoms with Gasteiger partial charge in [0.15, 0.2) is 0 Å². The normalized spacial score (nSPS) is 10.8. The number of aromatic nitrogens is 8. The zero-order chi connectivity index (χ0) is 12.5. The van der Waals surface area contributed by atoms with Gasteiger partial charge in [0.2, 0.25) is 11.6 Å². The number of nitrogens with one attached hydrogen (secondary N) is 2. The van der Waals surface area contributed by atoms with Crippen LogP contribution in [0.15, 0.2) is 12.1 Å². The molecule has 10 heteroatoms. The van der Waals surface area contributed by atoms with E-state index in [1.807, 2.05) is 0 Å². The molecule has 0 aliphatic rings. The molecule has 0 saturated carbocycles. The van der Waals surface area contributed by atoms with E-state index in [-0.39, 0.29) is 22.8 Å². The number of benzene rings is 1. The Morgan fingerprint density at radius 1 is 0.778 bits per heavy atom. The fraction of sp³-hybridized carbons (Fsp3) is 0. The van der Waals surface area contributed by atoms with Crippen LogP contribution in [0.25, 0.3) is 22.8 Å². The molecule has 0 bridgehead atoms. The van der Waals surface area contributed by atoms with E-state index < -0.39 is 11.6 Å². The van der Waals surface area contributed by atoms with Gasteiger partial charge < -0.3 is 0 Å². The molecule has 0 saturated heterocycles. The highest BCUT2D eigenvalue weighted by molar-refractivity contribution is 5.63. The lowest BCUT2D eigenvalue weighted by molar-refractivity contribution is 0.604. The third-order valence-electron chi connectivity index (χ3n) is 2.23. The van der Waals surface area contributed by atoms with Gasteiger partial charge in [0.25, 0.3) is 0 Å². The topological polar surface area (TPSA) is 109 Å². The largest absolute Gasteiger partial charge is 0.207 e. The number of tetrazole rings is 2. The molecule has 0 aliphatic heterocycles. The summed E-state index contributed by atoms with van der Waals surface area (Å²) in [6.07, 6.45) is 0. The van der Waals surface area contributed by atoms with Gasteiger partial charge in [-0.15, -0.1) is 20.4 Å². The Hall–Kier alpha value is -2.78. The van der Waals surface area contributed by atoms with Crippen LogP contribution < -0.4 is 0 Å². The lowest BCUT2D eigenvalue weighted by Crippen LogP contribution is -1.94. The summed E-state index contributed by atoms with van der Waals surface area (Å²) in [6, 6.07) is 1.90. The molecule has 90 valence electrons. The smallest absolute Gasteiger partial charge is 0.206 e. The number of hydrogen-bond acceptors (Lipinski definition) is 6. The van der Waals surface area contributed by atoms with Crippen molar-refractivity contribution in [2.45, 2.75) is 0 Å². The van der Waals surface area contributed by atoms with Crippen molar-refractivity contribution in [3.8, 4) is 22.8 Å². The van der Waals surface area contributed by atoms with Crippen LogP contribution in [0.4, 0.5) is 8.78 Å². The molecule has 0 fully saturated rings. The molecule has 0 amide bonds. The summed E-state index contributed by atoms with van der Waals surface area (Å²) >= 11 is 0. The van der Waals surface area contributed by atoms with Crippen LogP contribution in [0.5, 0.6) is 0 Å². The Morgan fingerprint density at radius 2 is 1.22 bits per heavy atom. The van der Waals surface area contributed by atoms with Gasteiger partial charge in [0.1, 0.15) is 11.6 Å². The van der Waals surface area contributed by atoms with Gasteiger partial charge in [-0.3, -0.25) is 0 Å². The quantitative estimate of drug-likeness (QED) is 0.678. The SMILES string of the molecule is Fc1cc(-c2nn[nH]n2)c(F)cc1-c1nn[nH]n1. The molecule has 3 aromatic rings. The van der Waals surface area contributed by atoms with Crippen LogP contribution in [0.1, 0.15) is 0 Å². The van der Waals surface area contributed by atoms with Crippen LogP contribution in [0.2, 0.25) is 0 Å². The minimum atomic E-state index is -0.711. The van der Waals surface area contributed by atoms with E-state index in [4.69, 9.17) is 0 Å². The van der Waals surface area contributed by atoms with Gasteiger partial charge in [-0.1, -0.05) is 0 Å². The fourth-order valence-electron chi connectivity index (χ4n) is 1.44. The van der Waals surface area contributed by atoms with Crippen LogP contribution in [-0.2, 0) is 0 Å². The zero-order valence-electron chi connectivity index (χ0n) is 8.59. The Balaban J connectivity index is 2.15. The standard InChI is InChI=1S/C8H4F2N8/c9-5-1-3(7-11-15-16-12-7)6(10)2-4(5)8-13-17-18-14-8/h1-2H,(H,11,12,15,16)(H,13,14,17,18). The number of aromatic amines is 2. The van der Waals surface area contributed by atoms with E-state index in [1.54, 1.807) is 0 Å². The third kappa shape index (κ3) is 1.59. The Labute approximate surface area is 97.4 Å². The number of H-pyrrole nitrogens is 2. The lowest BCUT2D eigenvalue weighted by Gasteiger charge is -2.02.